The number of fused-ring (bicyclic) bond motifs is 1. The van der Waals surface area contributed by atoms with Crippen LogP contribution in [0.15, 0.2) is 57.8 Å². The number of nitrogens with one attached hydrogen (secondary N) is 1. The van der Waals surface area contributed by atoms with E-state index >= 15 is 0 Å². The number of halogens is 2. The number of hydrogen-bond donors (Lipinski definition) is 1. The van der Waals surface area contributed by atoms with Crippen molar-refractivity contribution in [3.05, 3.63) is 69.2 Å². The first-order valence-corrected chi connectivity index (χ1v) is 9.02. The number of nitrogens with zero attached hydrogens (tertiary/aromatic N) is 2. The van der Waals surface area contributed by atoms with Crippen molar-refractivity contribution < 1.29 is 18.7 Å². The Hall–Kier alpha value is -3.20. The zero-order chi connectivity index (χ0) is 19.7. The number of aromatic nitrogens is 2. The molecule has 3 aromatic rings. The fraction of sp³-hybridized carbons (Fsp3) is 0.105. The predicted molar refractivity (Wildman–Crippen MR) is 103 cm³/mol. The number of rotatable bonds is 4. The van der Waals surface area contributed by atoms with E-state index in [4.69, 9.17) is 9.47 Å². The summed E-state index contributed by atoms with van der Waals surface area (Å²) in [5, 5.41) is 6.67. The van der Waals surface area contributed by atoms with Crippen LogP contribution in [0.25, 0.3) is 11.3 Å². The molecule has 7 nitrogen and oxygen atoms in total. The van der Waals surface area contributed by atoms with Crippen molar-refractivity contribution in [2.24, 2.45) is 0 Å². The molecule has 0 bridgehead atoms. The van der Waals surface area contributed by atoms with E-state index in [1.807, 2.05) is 0 Å². The lowest BCUT2D eigenvalue weighted by molar-refractivity contribution is -0.117. The van der Waals surface area contributed by atoms with Crippen LogP contribution in [-0.2, 0) is 11.3 Å². The van der Waals surface area contributed by atoms with Crippen LogP contribution in [0.2, 0.25) is 0 Å². The minimum Gasteiger partial charge on any atom is -0.454 e. The van der Waals surface area contributed by atoms with Gasteiger partial charge in [0.15, 0.2) is 11.5 Å². The first-order valence-electron chi connectivity index (χ1n) is 8.23. The van der Waals surface area contributed by atoms with Crippen molar-refractivity contribution >= 4 is 27.5 Å². The Morgan fingerprint density at radius 2 is 1.96 bits per heavy atom. The second-order valence-electron chi connectivity index (χ2n) is 5.95. The zero-order valence-electron chi connectivity index (χ0n) is 14.3. The molecule has 1 aromatic heterocycles. The smallest absolute Gasteiger partial charge is 0.267 e. The number of amides is 1. The van der Waals surface area contributed by atoms with Crippen molar-refractivity contribution in [3.63, 3.8) is 0 Å². The molecule has 0 unspecified atom stereocenters. The maximum Gasteiger partial charge on any atom is 0.267 e. The molecule has 2 heterocycles. The molecule has 0 spiro atoms. The normalized spacial score (nSPS) is 12.1. The molecule has 9 heteroatoms. The number of carbonyl (C=O) groups excluding carboxylic acids is 1. The number of anilines is 1. The van der Waals surface area contributed by atoms with E-state index in [9.17, 15) is 14.0 Å². The SMILES string of the molecule is O=C(Cn1nc(-c2ccc3c(c2)OCO3)ccc1=O)Nc1ccc(Br)cc1F. The van der Waals surface area contributed by atoms with Gasteiger partial charge in [-0.05, 0) is 42.5 Å². The van der Waals surface area contributed by atoms with Crippen LogP contribution in [0, 0.1) is 5.82 Å². The van der Waals surface area contributed by atoms with E-state index in [0.717, 1.165) is 4.68 Å². The van der Waals surface area contributed by atoms with Gasteiger partial charge in [0, 0.05) is 16.1 Å². The van der Waals surface area contributed by atoms with Crippen LogP contribution in [0.5, 0.6) is 11.5 Å². The Balaban J connectivity index is 1.55. The van der Waals surface area contributed by atoms with Gasteiger partial charge >= 0.3 is 0 Å². The van der Waals surface area contributed by atoms with Gasteiger partial charge in [0.05, 0.1) is 11.4 Å². The van der Waals surface area contributed by atoms with Crippen LogP contribution in [0.1, 0.15) is 0 Å². The molecule has 0 atom stereocenters. The van der Waals surface area contributed by atoms with E-state index in [1.54, 1.807) is 30.3 Å². The second-order valence-corrected chi connectivity index (χ2v) is 6.87. The lowest BCUT2D eigenvalue weighted by Gasteiger charge is -2.09. The van der Waals surface area contributed by atoms with Gasteiger partial charge < -0.3 is 14.8 Å². The van der Waals surface area contributed by atoms with Gasteiger partial charge in [0.25, 0.3) is 5.56 Å². The summed E-state index contributed by atoms with van der Waals surface area (Å²) in [7, 11) is 0. The van der Waals surface area contributed by atoms with Crippen LogP contribution in [0.4, 0.5) is 10.1 Å². The zero-order valence-corrected chi connectivity index (χ0v) is 15.9. The molecule has 1 amide bonds. The second kappa shape index (κ2) is 7.43. The van der Waals surface area contributed by atoms with Crippen LogP contribution < -0.4 is 20.3 Å². The minimum absolute atomic E-state index is 0.0215. The Bertz CT molecular complexity index is 1130. The monoisotopic (exact) mass is 445 g/mol. The van der Waals surface area contributed by atoms with E-state index in [-0.39, 0.29) is 19.0 Å². The van der Waals surface area contributed by atoms with Crippen molar-refractivity contribution in [3.8, 4) is 22.8 Å². The molecule has 0 aliphatic carbocycles. The summed E-state index contributed by atoms with van der Waals surface area (Å²) in [4.78, 5) is 24.3. The average molecular weight is 446 g/mol. The van der Waals surface area contributed by atoms with Crippen molar-refractivity contribution in [1.29, 1.82) is 0 Å². The van der Waals surface area contributed by atoms with Gasteiger partial charge in [0.1, 0.15) is 12.4 Å². The van der Waals surface area contributed by atoms with Crippen molar-refractivity contribution in [1.82, 2.24) is 9.78 Å². The van der Waals surface area contributed by atoms with E-state index in [0.29, 0.717) is 27.2 Å². The Morgan fingerprint density at radius 3 is 2.79 bits per heavy atom. The molecule has 1 N–H and O–H groups in total. The molecule has 1 aliphatic heterocycles. The van der Waals surface area contributed by atoms with Gasteiger partial charge in [-0.15, -0.1) is 0 Å². The standard InChI is InChI=1S/C19H13BrFN3O4/c20-12-2-3-15(13(21)8-12)22-18(25)9-24-19(26)6-4-14(23-24)11-1-5-16-17(7-11)28-10-27-16/h1-8H,9-10H2,(H,22,25). The molecule has 2 aromatic carbocycles. The highest BCUT2D eigenvalue weighted by Gasteiger charge is 2.15. The average Bonchev–Trinajstić information content (AvgIpc) is 3.13. The highest BCUT2D eigenvalue weighted by Crippen LogP contribution is 2.35. The van der Waals surface area contributed by atoms with Gasteiger partial charge in [0.2, 0.25) is 12.7 Å². The van der Waals surface area contributed by atoms with Crippen molar-refractivity contribution in [2.45, 2.75) is 6.54 Å². The molecule has 28 heavy (non-hydrogen) atoms. The van der Waals surface area contributed by atoms with Gasteiger partial charge in [-0.1, -0.05) is 15.9 Å². The summed E-state index contributed by atoms with van der Waals surface area (Å²) in [6, 6.07) is 12.4. The molecule has 0 fully saturated rings. The molecule has 142 valence electrons. The third-order valence-electron chi connectivity index (χ3n) is 4.03. The lowest BCUT2D eigenvalue weighted by Crippen LogP contribution is -2.29. The largest absolute Gasteiger partial charge is 0.454 e. The summed E-state index contributed by atoms with van der Waals surface area (Å²) < 4.78 is 26.1. The topological polar surface area (TPSA) is 82.5 Å². The minimum atomic E-state index is -0.586. The van der Waals surface area contributed by atoms with Crippen molar-refractivity contribution in [2.75, 3.05) is 12.1 Å². The number of benzene rings is 2. The van der Waals surface area contributed by atoms with Gasteiger partial charge in [-0.25, -0.2) is 9.07 Å². The summed E-state index contributed by atoms with van der Waals surface area (Å²) in [6.45, 7) is -0.203. The first-order chi connectivity index (χ1) is 13.5. The maximum absolute atomic E-state index is 13.9. The number of hydrogen-bond acceptors (Lipinski definition) is 5. The quantitative estimate of drug-likeness (QED) is 0.666. The molecular weight excluding hydrogens is 433 g/mol. The van der Waals surface area contributed by atoms with Crippen LogP contribution in [0.3, 0.4) is 0 Å². The molecule has 1 aliphatic rings. The maximum atomic E-state index is 13.9. The molecular formula is C19H13BrFN3O4. The van der Waals surface area contributed by atoms with Crippen LogP contribution >= 0.6 is 15.9 Å². The third-order valence-corrected chi connectivity index (χ3v) is 4.53. The summed E-state index contributed by atoms with van der Waals surface area (Å²) in [6.07, 6.45) is 0. The fourth-order valence-corrected chi connectivity index (χ4v) is 3.02. The highest BCUT2D eigenvalue weighted by molar-refractivity contribution is 9.10. The van der Waals surface area contributed by atoms with Gasteiger partial charge in [-0.3, -0.25) is 9.59 Å². The highest BCUT2D eigenvalue weighted by atomic mass is 79.9. The van der Waals surface area contributed by atoms with E-state index < -0.39 is 17.3 Å². The molecule has 4 rings (SSSR count). The predicted octanol–water partition coefficient (Wildman–Crippen LogP) is 3.18. The van der Waals surface area contributed by atoms with E-state index in [2.05, 4.69) is 26.3 Å². The Morgan fingerprint density at radius 1 is 1.14 bits per heavy atom. The van der Waals surface area contributed by atoms with Gasteiger partial charge in [-0.2, -0.15) is 5.10 Å². The first kappa shape index (κ1) is 18.2. The number of ether oxygens (including phenoxy) is 2. The van der Waals surface area contributed by atoms with Crippen LogP contribution in [-0.4, -0.2) is 22.5 Å². The number of carbonyl (C=O) groups is 1. The summed E-state index contributed by atoms with van der Waals surface area (Å²) in [5.74, 6) is 0.0595. The Kier molecular flexibility index (Phi) is 4.82. The molecule has 0 saturated heterocycles. The fourth-order valence-electron chi connectivity index (χ4n) is 2.69. The summed E-state index contributed by atoms with van der Waals surface area (Å²) >= 11 is 3.15. The molecule has 0 saturated carbocycles. The third kappa shape index (κ3) is 3.74. The lowest BCUT2D eigenvalue weighted by atomic mass is 10.1. The Labute approximate surface area is 166 Å². The summed E-state index contributed by atoms with van der Waals surface area (Å²) in [5.41, 5.74) is 0.766. The molecule has 0 radical (unpaired) electrons. The van der Waals surface area contributed by atoms with E-state index in [1.165, 1.54) is 18.2 Å².